The number of hydrogen-bond acceptors (Lipinski definition) is 2. The molecule has 2 rings (SSSR count). The predicted octanol–water partition coefficient (Wildman–Crippen LogP) is 3.70. The molecule has 126 valence electrons. The molecule has 1 aromatic carbocycles. The van der Waals surface area contributed by atoms with Crippen molar-refractivity contribution in [2.45, 2.75) is 51.0 Å². The number of hydrogen-bond donors (Lipinski definition) is 1. The van der Waals surface area contributed by atoms with Crippen LogP contribution < -0.4 is 5.32 Å². The standard InChI is InChI=1S/C18H25ClN2O2/c1-20-17(22)7-5-8-18(23)21-13-4-2-3-6-16(21)14-9-11-15(19)12-10-14/h9-12,16H,2-8,13H2,1H3,(H,20,22). The van der Waals surface area contributed by atoms with Crippen LogP contribution in [0.15, 0.2) is 24.3 Å². The Morgan fingerprint density at radius 3 is 2.61 bits per heavy atom. The number of nitrogens with zero attached hydrogens (tertiary/aromatic N) is 1. The zero-order valence-corrected chi connectivity index (χ0v) is 14.4. The van der Waals surface area contributed by atoms with Gasteiger partial charge in [-0.05, 0) is 37.0 Å². The van der Waals surface area contributed by atoms with Gasteiger partial charge in [-0.15, -0.1) is 0 Å². The molecular weight excluding hydrogens is 312 g/mol. The number of rotatable bonds is 5. The maximum atomic E-state index is 12.6. The summed E-state index contributed by atoms with van der Waals surface area (Å²) in [5.41, 5.74) is 1.15. The third kappa shape index (κ3) is 5.24. The SMILES string of the molecule is CNC(=O)CCCC(=O)N1CCCCCC1c1ccc(Cl)cc1. The number of nitrogens with one attached hydrogen (secondary N) is 1. The highest BCUT2D eigenvalue weighted by Crippen LogP contribution is 2.31. The number of benzene rings is 1. The molecule has 5 heteroatoms. The highest BCUT2D eigenvalue weighted by molar-refractivity contribution is 6.30. The number of amides is 2. The molecular formula is C18H25ClN2O2. The van der Waals surface area contributed by atoms with Crippen molar-refractivity contribution in [1.29, 1.82) is 0 Å². The van der Waals surface area contributed by atoms with Gasteiger partial charge in [0.2, 0.25) is 11.8 Å². The lowest BCUT2D eigenvalue weighted by atomic mass is 10.0. The number of carbonyl (C=O) groups is 2. The van der Waals surface area contributed by atoms with Crippen LogP contribution in [0.25, 0.3) is 0 Å². The van der Waals surface area contributed by atoms with E-state index in [2.05, 4.69) is 5.32 Å². The maximum absolute atomic E-state index is 12.6. The second-order valence-electron chi connectivity index (χ2n) is 6.03. The third-order valence-electron chi connectivity index (χ3n) is 4.40. The van der Waals surface area contributed by atoms with E-state index in [0.29, 0.717) is 24.3 Å². The van der Waals surface area contributed by atoms with Crippen molar-refractivity contribution < 1.29 is 9.59 Å². The Hall–Kier alpha value is -1.55. The molecule has 0 spiro atoms. The zero-order chi connectivity index (χ0) is 16.7. The third-order valence-corrected chi connectivity index (χ3v) is 4.65. The highest BCUT2D eigenvalue weighted by Gasteiger charge is 2.26. The fraction of sp³-hybridized carbons (Fsp3) is 0.556. The lowest BCUT2D eigenvalue weighted by Gasteiger charge is -2.30. The second kappa shape index (κ2) is 8.92. The molecule has 1 saturated heterocycles. The molecule has 0 aromatic heterocycles. The summed E-state index contributed by atoms with van der Waals surface area (Å²) in [6.07, 6.45) is 5.76. The number of carbonyl (C=O) groups excluding carboxylic acids is 2. The fourth-order valence-electron chi connectivity index (χ4n) is 3.11. The maximum Gasteiger partial charge on any atom is 0.223 e. The van der Waals surface area contributed by atoms with Crippen LogP contribution >= 0.6 is 11.6 Å². The Balaban J connectivity index is 2.03. The average Bonchev–Trinajstić information content (AvgIpc) is 2.81. The van der Waals surface area contributed by atoms with Gasteiger partial charge in [-0.3, -0.25) is 9.59 Å². The van der Waals surface area contributed by atoms with Crippen LogP contribution in [0.1, 0.15) is 56.6 Å². The molecule has 0 aliphatic carbocycles. The van der Waals surface area contributed by atoms with Crippen LogP contribution in [0.3, 0.4) is 0 Å². The van der Waals surface area contributed by atoms with Gasteiger partial charge in [-0.1, -0.05) is 36.6 Å². The van der Waals surface area contributed by atoms with E-state index in [-0.39, 0.29) is 17.9 Å². The van der Waals surface area contributed by atoms with Crippen LogP contribution in [0.2, 0.25) is 5.02 Å². The minimum Gasteiger partial charge on any atom is -0.359 e. The lowest BCUT2D eigenvalue weighted by molar-refractivity contribution is -0.133. The van der Waals surface area contributed by atoms with Gasteiger partial charge in [-0.2, -0.15) is 0 Å². The highest BCUT2D eigenvalue weighted by atomic mass is 35.5. The van der Waals surface area contributed by atoms with Crippen molar-refractivity contribution >= 4 is 23.4 Å². The monoisotopic (exact) mass is 336 g/mol. The van der Waals surface area contributed by atoms with Crippen LogP contribution in [0, 0.1) is 0 Å². The van der Waals surface area contributed by atoms with Gasteiger partial charge in [0.1, 0.15) is 0 Å². The smallest absolute Gasteiger partial charge is 0.223 e. The fourth-order valence-corrected chi connectivity index (χ4v) is 3.23. The first-order valence-corrected chi connectivity index (χ1v) is 8.75. The molecule has 1 aliphatic heterocycles. The van der Waals surface area contributed by atoms with Crippen molar-refractivity contribution in [2.75, 3.05) is 13.6 Å². The van der Waals surface area contributed by atoms with Crippen LogP contribution in [0.4, 0.5) is 0 Å². The summed E-state index contributed by atoms with van der Waals surface area (Å²) in [6.45, 7) is 0.798. The molecule has 1 unspecified atom stereocenters. The summed E-state index contributed by atoms with van der Waals surface area (Å²) in [5, 5.41) is 3.31. The molecule has 1 N–H and O–H groups in total. The minimum absolute atomic E-state index is 0.0112. The Bertz CT molecular complexity index is 530. The van der Waals surface area contributed by atoms with Crippen LogP contribution in [-0.4, -0.2) is 30.3 Å². The molecule has 2 amide bonds. The first-order chi connectivity index (χ1) is 11.1. The molecule has 0 saturated carbocycles. The van der Waals surface area contributed by atoms with Gasteiger partial charge in [0, 0.05) is 31.5 Å². The Morgan fingerprint density at radius 2 is 1.91 bits per heavy atom. The number of halogens is 1. The van der Waals surface area contributed by atoms with Crippen molar-refractivity contribution in [1.82, 2.24) is 10.2 Å². The largest absolute Gasteiger partial charge is 0.359 e. The van der Waals surface area contributed by atoms with Crippen molar-refractivity contribution in [2.24, 2.45) is 0 Å². The van der Waals surface area contributed by atoms with E-state index in [1.54, 1.807) is 7.05 Å². The van der Waals surface area contributed by atoms with E-state index in [1.807, 2.05) is 29.2 Å². The van der Waals surface area contributed by atoms with Crippen LogP contribution in [0.5, 0.6) is 0 Å². The summed E-state index contributed by atoms with van der Waals surface area (Å²) >= 11 is 5.98. The summed E-state index contributed by atoms with van der Waals surface area (Å²) < 4.78 is 0. The first kappa shape index (κ1) is 17.8. The molecule has 1 fully saturated rings. The molecule has 0 radical (unpaired) electrons. The topological polar surface area (TPSA) is 49.4 Å². The van der Waals surface area contributed by atoms with Crippen molar-refractivity contribution in [3.05, 3.63) is 34.9 Å². The molecule has 1 aliphatic rings. The Kier molecular flexibility index (Phi) is 6.90. The molecule has 1 heterocycles. The van der Waals surface area contributed by atoms with Crippen molar-refractivity contribution in [3.63, 3.8) is 0 Å². The lowest BCUT2D eigenvalue weighted by Crippen LogP contribution is -2.34. The van der Waals surface area contributed by atoms with E-state index in [0.717, 1.165) is 37.8 Å². The summed E-state index contributed by atoms with van der Waals surface area (Å²) in [4.78, 5) is 25.9. The molecule has 1 atom stereocenters. The van der Waals surface area contributed by atoms with Gasteiger partial charge in [0.15, 0.2) is 0 Å². The van der Waals surface area contributed by atoms with Gasteiger partial charge in [-0.25, -0.2) is 0 Å². The molecule has 23 heavy (non-hydrogen) atoms. The van der Waals surface area contributed by atoms with Gasteiger partial charge in [0.25, 0.3) is 0 Å². The summed E-state index contributed by atoms with van der Waals surface area (Å²) in [7, 11) is 1.62. The van der Waals surface area contributed by atoms with E-state index < -0.39 is 0 Å². The average molecular weight is 337 g/mol. The quantitative estimate of drug-likeness (QED) is 0.891. The second-order valence-corrected chi connectivity index (χ2v) is 6.47. The first-order valence-electron chi connectivity index (χ1n) is 8.37. The van der Waals surface area contributed by atoms with Crippen LogP contribution in [-0.2, 0) is 9.59 Å². The van der Waals surface area contributed by atoms with E-state index in [1.165, 1.54) is 0 Å². The van der Waals surface area contributed by atoms with E-state index in [9.17, 15) is 9.59 Å². The predicted molar refractivity (Wildman–Crippen MR) is 92.3 cm³/mol. The summed E-state index contributed by atoms with van der Waals surface area (Å²) in [6, 6.07) is 7.93. The molecule has 1 aromatic rings. The Labute approximate surface area is 143 Å². The normalized spacial score (nSPS) is 18.3. The zero-order valence-electron chi connectivity index (χ0n) is 13.7. The molecule has 0 bridgehead atoms. The van der Waals surface area contributed by atoms with Gasteiger partial charge < -0.3 is 10.2 Å². The number of likely N-dealkylation sites (tertiary alicyclic amines) is 1. The minimum atomic E-state index is -0.0112. The van der Waals surface area contributed by atoms with Gasteiger partial charge >= 0.3 is 0 Å². The van der Waals surface area contributed by atoms with E-state index >= 15 is 0 Å². The van der Waals surface area contributed by atoms with Crippen molar-refractivity contribution in [3.8, 4) is 0 Å². The van der Waals surface area contributed by atoms with E-state index in [4.69, 9.17) is 11.6 Å². The summed E-state index contributed by atoms with van der Waals surface area (Å²) in [5.74, 6) is 0.138. The molecule has 4 nitrogen and oxygen atoms in total. The Morgan fingerprint density at radius 1 is 1.17 bits per heavy atom. The van der Waals surface area contributed by atoms with Gasteiger partial charge in [0.05, 0.1) is 6.04 Å².